The van der Waals surface area contributed by atoms with E-state index in [2.05, 4.69) is 20.8 Å². The van der Waals surface area contributed by atoms with Gasteiger partial charge in [-0.2, -0.15) is 0 Å². The van der Waals surface area contributed by atoms with E-state index >= 15 is 0 Å². The number of hydrogen-bond donors (Lipinski definition) is 2. The highest BCUT2D eigenvalue weighted by molar-refractivity contribution is 5.84. The van der Waals surface area contributed by atoms with E-state index in [9.17, 15) is 24.6 Å². The molecular formula is C45H74O12. The number of aliphatic hydroxyl groups is 2. The Hall–Kier alpha value is -1.93. The Morgan fingerprint density at radius 1 is 0.895 bits per heavy atom. The molecule has 0 bridgehead atoms. The number of ether oxygens (including phenoxy) is 7. The third-order valence-corrected chi connectivity index (χ3v) is 14.9. The van der Waals surface area contributed by atoms with Crippen LogP contribution in [-0.4, -0.2) is 101 Å². The number of ketones is 1. The molecule has 326 valence electrons. The number of esters is 2. The Labute approximate surface area is 341 Å². The molecule has 0 saturated carbocycles. The lowest BCUT2D eigenvalue weighted by Crippen LogP contribution is -2.63. The summed E-state index contributed by atoms with van der Waals surface area (Å²) in [6.07, 6.45) is 6.10. The van der Waals surface area contributed by atoms with Crippen LogP contribution in [0, 0.1) is 41.4 Å². The van der Waals surface area contributed by atoms with Crippen molar-refractivity contribution in [1.82, 2.24) is 0 Å². The lowest BCUT2D eigenvalue weighted by Gasteiger charge is -2.54. The fraction of sp³-hybridized carbons (Fsp3) is 0.889. The zero-order chi connectivity index (χ0) is 42.2. The normalized spacial score (nSPS) is 43.6. The van der Waals surface area contributed by atoms with E-state index in [-0.39, 0.29) is 65.8 Å². The van der Waals surface area contributed by atoms with Gasteiger partial charge in [0, 0.05) is 37.0 Å². The van der Waals surface area contributed by atoms with Crippen molar-refractivity contribution in [3.8, 4) is 0 Å². The number of methoxy groups -OCH3 is 1. The van der Waals surface area contributed by atoms with Crippen molar-refractivity contribution in [2.45, 2.75) is 206 Å². The first-order valence-electron chi connectivity index (χ1n) is 22.0. The second kappa shape index (κ2) is 18.0. The van der Waals surface area contributed by atoms with Crippen LogP contribution in [-0.2, 0) is 47.5 Å². The summed E-state index contributed by atoms with van der Waals surface area (Å²) in [6.45, 7) is 21.2. The zero-order valence-corrected chi connectivity index (χ0v) is 36.8. The molecule has 3 unspecified atom stereocenters. The van der Waals surface area contributed by atoms with E-state index in [1.54, 1.807) is 6.92 Å². The van der Waals surface area contributed by atoms with Gasteiger partial charge < -0.3 is 43.4 Å². The molecule has 18 atom stereocenters. The van der Waals surface area contributed by atoms with Crippen molar-refractivity contribution in [2.24, 2.45) is 41.4 Å². The van der Waals surface area contributed by atoms with Crippen molar-refractivity contribution in [1.29, 1.82) is 0 Å². The lowest BCUT2D eigenvalue weighted by atomic mass is 9.72. The number of carbonyl (C=O) groups excluding carboxylic acids is 3. The molecule has 0 aliphatic carbocycles. The first-order valence-corrected chi connectivity index (χ1v) is 22.0. The molecule has 4 saturated heterocycles. The lowest BCUT2D eigenvalue weighted by molar-refractivity contribution is -0.409. The molecule has 5 aliphatic heterocycles. The zero-order valence-electron chi connectivity index (χ0n) is 36.8. The molecule has 4 fully saturated rings. The van der Waals surface area contributed by atoms with E-state index in [0.717, 1.165) is 12.8 Å². The molecular weight excluding hydrogens is 732 g/mol. The summed E-state index contributed by atoms with van der Waals surface area (Å²) in [6, 6.07) is 0. The van der Waals surface area contributed by atoms with Gasteiger partial charge >= 0.3 is 11.9 Å². The fourth-order valence-corrected chi connectivity index (χ4v) is 10.9. The Kier molecular flexibility index (Phi) is 14.5. The third kappa shape index (κ3) is 8.94. The van der Waals surface area contributed by atoms with Crippen LogP contribution in [0.2, 0.25) is 0 Å². The van der Waals surface area contributed by atoms with Gasteiger partial charge in [-0.05, 0) is 95.6 Å². The van der Waals surface area contributed by atoms with Crippen LogP contribution in [0.5, 0.6) is 0 Å². The molecule has 0 aromatic carbocycles. The summed E-state index contributed by atoms with van der Waals surface area (Å²) in [4.78, 5) is 39.6. The quantitative estimate of drug-likeness (QED) is 0.148. The molecule has 12 nitrogen and oxygen atoms in total. The predicted molar refractivity (Wildman–Crippen MR) is 213 cm³/mol. The number of rotatable bonds is 13. The first kappa shape index (κ1) is 46.1. The maximum absolute atomic E-state index is 14.6. The number of hydrogen-bond acceptors (Lipinski definition) is 12. The molecule has 2 N–H and O–H groups in total. The van der Waals surface area contributed by atoms with E-state index < -0.39 is 58.9 Å². The van der Waals surface area contributed by atoms with Crippen molar-refractivity contribution in [3.63, 3.8) is 0 Å². The Bertz CT molecular complexity index is 1450. The van der Waals surface area contributed by atoms with E-state index in [4.69, 9.17) is 33.2 Å². The number of Topliss-reactive ketones (excluding diaryl/α,β-unsaturated/α-hetero) is 1. The van der Waals surface area contributed by atoms with E-state index in [1.165, 1.54) is 14.0 Å². The van der Waals surface area contributed by atoms with Gasteiger partial charge in [0.1, 0.15) is 5.78 Å². The van der Waals surface area contributed by atoms with Crippen LogP contribution in [0.15, 0.2) is 12.2 Å². The van der Waals surface area contributed by atoms with Gasteiger partial charge in [0.2, 0.25) is 5.79 Å². The van der Waals surface area contributed by atoms with Crippen molar-refractivity contribution in [2.75, 3.05) is 7.11 Å². The Balaban J connectivity index is 1.36. The summed E-state index contributed by atoms with van der Waals surface area (Å²) < 4.78 is 45.1. The van der Waals surface area contributed by atoms with Crippen LogP contribution in [0.3, 0.4) is 0 Å². The minimum absolute atomic E-state index is 0.00334. The number of carbonyl (C=O) groups is 3. The molecule has 5 heterocycles. The van der Waals surface area contributed by atoms with Crippen molar-refractivity contribution < 1.29 is 57.8 Å². The van der Waals surface area contributed by atoms with E-state index in [0.29, 0.717) is 51.4 Å². The van der Waals surface area contributed by atoms with Crippen LogP contribution < -0.4 is 0 Å². The van der Waals surface area contributed by atoms with E-state index in [1.807, 2.05) is 53.7 Å². The summed E-state index contributed by atoms with van der Waals surface area (Å²) >= 11 is 0. The molecule has 5 aliphatic rings. The SMILES string of the molecule is CCC(C(=O)OC)C1CC[C@H](C)C([C@@H](C)[C@H](O)[C@H](C)C(=O)[C@H](CC)[C@H]2O[C@]3(C=C[C@@H](OC(C)=O)[C@]4(CC[C@@](C)([C@H]5CC[C@](O)(CC)[C@H](C)O5)O4)O3)[C@H](C)C[C@@H]2C)O1. The fourth-order valence-electron chi connectivity index (χ4n) is 10.9. The molecule has 0 aromatic rings. The Morgan fingerprint density at radius 3 is 2.18 bits per heavy atom. The molecule has 0 aromatic heterocycles. The average Bonchev–Trinajstić information content (AvgIpc) is 3.52. The van der Waals surface area contributed by atoms with Crippen LogP contribution >= 0.6 is 0 Å². The van der Waals surface area contributed by atoms with Crippen LogP contribution in [0.4, 0.5) is 0 Å². The highest BCUT2D eigenvalue weighted by Gasteiger charge is 2.64. The van der Waals surface area contributed by atoms with Gasteiger partial charge in [0.05, 0.1) is 60.9 Å². The summed E-state index contributed by atoms with van der Waals surface area (Å²) in [5.41, 5.74) is -1.69. The minimum Gasteiger partial charge on any atom is -0.469 e. The van der Waals surface area contributed by atoms with Crippen molar-refractivity contribution in [3.05, 3.63) is 12.2 Å². The molecule has 12 heteroatoms. The summed E-state index contributed by atoms with van der Waals surface area (Å²) in [5.74, 6) is -5.47. The molecule has 5 rings (SSSR count). The highest BCUT2D eigenvalue weighted by Crippen LogP contribution is 2.54. The largest absolute Gasteiger partial charge is 0.469 e. The third-order valence-electron chi connectivity index (χ3n) is 14.9. The number of aliphatic hydroxyl groups excluding tert-OH is 1. The molecule has 0 amide bonds. The highest BCUT2D eigenvalue weighted by atomic mass is 16.8. The maximum atomic E-state index is 14.6. The minimum atomic E-state index is -1.37. The smallest absolute Gasteiger partial charge is 0.311 e. The summed E-state index contributed by atoms with van der Waals surface area (Å²) in [7, 11) is 1.39. The summed E-state index contributed by atoms with van der Waals surface area (Å²) in [5, 5.41) is 23.0. The van der Waals surface area contributed by atoms with Crippen molar-refractivity contribution >= 4 is 17.7 Å². The van der Waals surface area contributed by atoms with Crippen LogP contribution in [0.25, 0.3) is 0 Å². The predicted octanol–water partition coefficient (Wildman–Crippen LogP) is 6.85. The molecule has 2 spiro atoms. The monoisotopic (exact) mass is 807 g/mol. The standard InChI is InChI=1S/C45H74O12/c1-13-32(41(49)51-12)34-17-16-25(4)39(54-34)29(8)37(47)28(7)38(48)33(14-2)40-26(5)24-27(6)44(55-40)21-19-36(53-31(10)46)45(57-44)23-22-42(11,56-45)35-18-20-43(50,15-3)30(9)52-35/h19,21,25-30,32-37,39-40,47,50H,13-18,20,22-24H2,1-12H3/t25-,26-,27+,28-,29-,30-,32?,33-,34?,35+,36+,37+,39?,40-,42-,43+,44-,45-/m0/s1. The van der Waals surface area contributed by atoms with Gasteiger partial charge in [-0.15, -0.1) is 0 Å². The first-order chi connectivity index (χ1) is 26.7. The van der Waals surface area contributed by atoms with Gasteiger partial charge in [0.15, 0.2) is 11.9 Å². The van der Waals surface area contributed by atoms with Crippen LogP contribution in [0.1, 0.15) is 140 Å². The molecule has 0 radical (unpaired) electrons. The van der Waals surface area contributed by atoms with Gasteiger partial charge in [-0.25, -0.2) is 0 Å². The maximum Gasteiger partial charge on any atom is 0.311 e. The second-order valence-corrected chi connectivity index (χ2v) is 18.7. The average molecular weight is 807 g/mol. The second-order valence-electron chi connectivity index (χ2n) is 18.7. The molecule has 57 heavy (non-hydrogen) atoms. The van der Waals surface area contributed by atoms with Gasteiger partial charge in [-0.1, -0.05) is 55.4 Å². The van der Waals surface area contributed by atoms with Gasteiger partial charge in [-0.3, -0.25) is 14.4 Å². The van der Waals surface area contributed by atoms with Gasteiger partial charge in [0.25, 0.3) is 0 Å². The Morgan fingerprint density at radius 2 is 1.58 bits per heavy atom. The topological polar surface area (TPSA) is 156 Å².